The second-order valence-corrected chi connectivity index (χ2v) is 12.2. The van der Waals surface area contributed by atoms with Crippen LogP contribution in [0.4, 0.5) is 18.8 Å². The van der Waals surface area contributed by atoms with Crippen molar-refractivity contribution in [3.8, 4) is 0 Å². The Morgan fingerprint density at radius 2 is 1.57 bits per heavy atom. The summed E-state index contributed by atoms with van der Waals surface area (Å²) in [6, 6.07) is 4.59. The molecule has 0 heterocycles. The number of esters is 2. The van der Waals surface area contributed by atoms with Crippen molar-refractivity contribution in [2.45, 2.75) is 64.0 Å². The van der Waals surface area contributed by atoms with E-state index in [1.807, 2.05) is 0 Å². The molecule has 1 aromatic rings. The van der Waals surface area contributed by atoms with Crippen LogP contribution in [0.5, 0.6) is 0 Å². The van der Waals surface area contributed by atoms with Gasteiger partial charge < -0.3 is 38.5 Å². The van der Waals surface area contributed by atoms with Crippen LogP contribution in [-0.4, -0.2) is 74.0 Å². The molecule has 0 saturated heterocycles. The number of thioether (sulfide) groups is 1. The van der Waals surface area contributed by atoms with Gasteiger partial charge in [0, 0.05) is 22.5 Å². The van der Waals surface area contributed by atoms with Gasteiger partial charge in [0.05, 0.1) is 19.1 Å². The Balaban J connectivity index is 1.88. The second kappa shape index (κ2) is 14.8. The first-order valence-corrected chi connectivity index (χ1v) is 15.0. The number of aryl methyl sites for hydroxylation is 1. The minimum atomic E-state index is -1.81. The van der Waals surface area contributed by atoms with E-state index in [1.54, 1.807) is 53.7 Å². The monoisotopic (exact) mass is 643 g/mol. The van der Waals surface area contributed by atoms with Crippen LogP contribution in [0.3, 0.4) is 0 Å². The fourth-order valence-electron chi connectivity index (χ4n) is 5.31. The smallest absolute Gasteiger partial charge is 0.444 e. The summed E-state index contributed by atoms with van der Waals surface area (Å²) in [5.74, 6) is -4.49. The van der Waals surface area contributed by atoms with E-state index < -0.39 is 78.7 Å². The molecule has 2 saturated carbocycles. The van der Waals surface area contributed by atoms with E-state index in [9.17, 15) is 28.4 Å². The number of ether oxygens (including phenoxy) is 7. The molecule has 1 amide bonds. The number of alkyl carbamates (subject to hydrolysis) is 1. The van der Waals surface area contributed by atoms with Crippen LogP contribution >= 0.6 is 11.8 Å². The van der Waals surface area contributed by atoms with Gasteiger partial charge in [0.1, 0.15) is 17.0 Å². The van der Waals surface area contributed by atoms with Crippen LogP contribution < -0.4 is 5.32 Å². The largest absolute Gasteiger partial charge is 0.511 e. The number of hydrogen-bond acceptors (Lipinski definition) is 13. The Hall–Kier alpha value is -3.75. The molecule has 0 spiro atoms. The fraction of sp³-hybridized carbons (Fsp3) is 0.621. The van der Waals surface area contributed by atoms with Crippen LogP contribution in [0.15, 0.2) is 23.1 Å². The third-order valence-electron chi connectivity index (χ3n) is 7.06. The summed E-state index contributed by atoms with van der Waals surface area (Å²) in [5.41, 5.74) is -2.30. The maximum absolute atomic E-state index is 13.9. The minimum Gasteiger partial charge on any atom is -0.444 e. The van der Waals surface area contributed by atoms with E-state index in [2.05, 4.69) is 14.8 Å². The Morgan fingerprint density at radius 3 is 2.14 bits per heavy atom. The highest BCUT2D eigenvalue weighted by atomic mass is 32.2. The van der Waals surface area contributed by atoms with Crippen molar-refractivity contribution in [3.63, 3.8) is 0 Å². The normalized spacial score (nSPS) is 23.4. The summed E-state index contributed by atoms with van der Waals surface area (Å²) in [6.07, 6.45) is -2.72. The zero-order valence-electron chi connectivity index (χ0n) is 25.5. The molecule has 15 heteroatoms. The molecule has 0 aliphatic heterocycles. The lowest BCUT2D eigenvalue weighted by molar-refractivity contribution is -0.165. The van der Waals surface area contributed by atoms with Crippen molar-refractivity contribution in [3.05, 3.63) is 29.6 Å². The van der Waals surface area contributed by atoms with E-state index in [1.165, 1.54) is 17.8 Å². The molecule has 0 radical (unpaired) electrons. The molecule has 13 nitrogen and oxygen atoms in total. The predicted molar refractivity (Wildman–Crippen MR) is 151 cm³/mol. The molecule has 3 rings (SSSR count). The van der Waals surface area contributed by atoms with Gasteiger partial charge in [0.2, 0.25) is 13.6 Å². The van der Waals surface area contributed by atoms with Crippen LogP contribution in [0, 0.1) is 36.4 Å². The summed E-state index contributed by atoms with van der Waals surface area (Å²) in [5, 5.41) is 2.69. The maximum Gasteiger partial charge on any atom is 0.511 e. The zero-order valence-corrected chi connectivity index (χ0v) is 26.3. The van der Waals surface area contributed by atoms with Crippen molar-refractivity contribution in [2.75, 3.05) is 32.6 Å². The molecule has 44 heavy (non-hydrogen) atoms. The van der Waals surface area contributed by atoms with Gasteiger partial charge in [-0.15, -0.1) is 11.8 Å². The number of fused-ring (bicyclic) bond motifs is 1. The SMILES string of the molecule is CCOC(=O)OCOC(=O)[C@H]1[C@@H]2C[C@@H](CSc3ccc(F)c(C)c3)[C@@](NC(=O)OC(C)(C)C)(C(=O)OCOC(=O)OCC)[C@@H]21. The first kappa shape index (κ1) is 34.7. The van der Waals surface area contributed by atoms with Gasteiger partial charge in [-0.25, -0.2) is 23.6 Å². The van der Waals surface area contributed by atoms with E-state index in [-0.39, 0.29) is 24.8 Å². The van der Waals surface area contributed by atoms with Gasteiger partial charge >= 0.3 is 30.3 Å². The van der Waals surface area contributed by atoms with Gasteiger partial charge in [-0.1, -0.05) is 0 Å². The summed E-state index contributed by atoms with van der Waals surface area (Å²) in [7, 11) is 0. The number of nitrogens with one attached hydrogen (secondary N) is 1. The molecule has 244 valence electrons. The maximum atomic E-state index is 13.9. The highest BCUT2D eigenvalue weighted by Gasteiger charge is 2.76. The van der Waals surface area contributed by atoms with Crippen LogP contribution in [-0.2, 0) is 42.7 Å². The summed E-state index contributed by atoms with van der Waals surface area (Å²) in [6.45, 7) is 8.30. The van der Waals surface area contributed by atoms with E-state index in [0.29, 0.717) is 12.0 Å². The average molecular weight is 644 g/mol. The number of carbonyl (C=O) groups excluding carboxylic acids is 5. The van der Waals surface area contributed by atoms with Crippen molar-refractivity contribution in [1.29, 1.82) is 0 Å². The van der Waals surface area contributed by atoms with Gasteiger partial charge in [-0.05, 0) is 77.6 Å². The highest BCUT2D eigenvalue weighted by Crippen LogP contribution is 2.66. The van der Waals surface area contributed by atoms with Gasteiger partial charge in [0.15, 0.2) is 0 Å². The quantitative estimate of drug-likeness (QED) is 0.144. The van der Waals surface area contributed by atoms with E-state index in [4.69, 9.17) is 23.7 Å². The Morgan fingerprint density at radius 1 is 0.955 bits per heavy atom. The molecule has 1 N–H and O–H groups in total. The lowest BCUT2D eigenvalue weighted by Crippen LogP contribution is -2.62. The third-order valence-corrected chi connectivity index (χ3v) is 8.22. The molecule has 0 bridgehead atoms. The number of amides is 1. The molecule has 0 unspecified atom stereocenters. The van der Waals surface area contributed by atoms with Crippen molar-refractivity contribution < 1.29 is 61.5 Å². The van der Waals surface area contributed by atoms with Crippen LogP contribution in [0.25, 0.3) is 0 Å². The summed E-state index contributed by atoms with van der Waals surface area (Å²) in [4.78, 5) is 64.0. The third kappa shape index (κ3) is 8.67. The molecule has 2 fully saturated rings. The zero-order chi connectivity index (χ0) is 32.7. The standard InChI is InChI=1S/C29H38FNO12S/c1-7-37-26(35)41-14-39-23(32)21-19-12-17(13-44-18-9-10-20(30)16(3)11-18)29(22(19)21,31-25(34)43-28(4,5)6)24(33)40-15-42-27(36)38-8-2/h9-11,17,19,21-22H,7-8,12-15H2,1-6H3,(H,31,34)/t17-,19-,21-,22-,29-/m0/s1. The number of hydrogen-bond donors (Lipinski definition) is 1. The van der Waals surface area contributed by atoms with Crippen molar-refractivity contribution in [2.24, 2.45) is 23.7 Å². The molecular formula is C29H38FNO12S. The van der Waals surface area contributed by atoms with E-state index in [0.717, 1.165) is 4.90 Å². The average Bonchev–Trinajstić information content (AvgIpc) is 3.56. The summed E-state index contributed by atoms with van der Waals surface area (Å²) < 4.78 is 48.6. The molecular weight excluding hydrogens is 605 g/mol. The number of benzene rings is 1. The lowest BCUT2D eigenvalue weighted by atomic mass is 9.81. The molecule has 0 aromatic heterocycles. The number of halogens is 1. The Labute approximate surface area is 258 Å². The van der Waals surface area contributed by atoms with Crippen molar-refractivity contribution in [1.82, 2.24) is 5.32 Å². The predicted octanol–water partition coefficient (Wildman–Crippen LogP) is 4.72. The first-order chi connectivity index (χ1) is 20.7. The Kier molecular flexibility index (Phi) is 11.7. The Bertz CT molecular complexity index is 1240. The molecule has 1 aromatic carbocycles. The topological polar surface area (TPSA) is 162 Å². The van der Waals surface area contributed by atoms with Crippen LogP contribution in [0.1, 0.15) is 46.6 Å². The summed E-state index contributed by atoms with van der Waals surface area (Å²) >= 11 is 1.33. The van der Waals surface area contributed by atoms with Gasteiger partial charge in [-0.3, -0.25) is 4.79 Å². The number of rotatable bonds is 12. The second-order valence-electron chi connectivity index (χ2n) is 11.2. The van der Waals surface area contributed by atoms with Crippen LogP contribution in [0.2, 0.25) is 0 Å². The van der Waals surface area contributed by atoms with Gasteiger partial charge in [0.25, 0.3) is 0 Å². The molecule has 2 aliphatic carbocycles. The molecule has 5 atom stereocenters. The van der Waals surface area contributed by atoms with E-state index >= 15 is 0 Å². The van der Waals surface area contributed by atoms with Gasteiger partial charge in [-0.2, -0.15) is 0 Å². The van der Waals surface area contributed by atoms with Crippen molar-refractivity contribution >= 4 is 42.1 Å². The highest BCUT2D eigenvalue weighted by molar-refractivity contribution is 7.99. The molecule has 2 aliphatic rings. The lowest BCUT2D eigenvalue weighted by Gasteiger charge is -2.37. The fourth-order valence-corrected chi connectivity index (χ4v) is 6.53. The number of carbonyl (C=O) groups is 5. The first-order valence-electron chi connectivity index (χ1n) is 14.1. The minimum absolute atomic E-state index is 0.0342.